The van der Waals surface area contributed by atoms with Crippen LogP contribution in [0.3, 0.4) is 0 Å². The zero-order chi connectivity index (χ0) is 23.7. The molecule has 2 aromatic heterocycles. The lowest BCUT2D eigenvalue weighted by Crippen LogP contribution is -2.33. The van der Waals surface area contributed by atoms with Crippen molar-refractivity contribution in [1.82, 2.24) is 19.5 Å². The number of nitrogens with zero attached hydrogens (tertiary/aromatic N) is 4. The molecule has 0 bridgehead atoms. The highest BCUT2D eigenvalue weighted by Crippen LogP contribution is 2.35. The zero-order valence-corrected chi connectivity index (χ0v) is 18.1. The number of rotatable bonds is 7. The predicted octanol–water partition coefficient (Wildman–Crippen LogP) is 1.32. The van der Waals surface area contributed by atoms with Gasteiger partial charge in [-0.1, -0.05) is 60.7 Å². The lowest BCUT2D eigenvalue weighted by molar-refractivity contribution is -0.0511. The highest BCUT2D eigenvalue weighted by Gasteiger charge is 2.44. The Morgan fingerprint density at radius 2 is 1.59 bits per heavy atom. The van der Waals surface area contributed by atoms with Gasteiger partial charge in [0.2, 0.25) is 0 Å². The molecule has 0 radical (unpaired) electrons. The van der Waals surface area contributed by atoms with E-state index in [-0.39, 0.29) is 0 Å². The fourth-order valence-electron chi connectivity index (χ4n) is 4.25. The normalized spacial score (nSPS) is 24.2. The fourth-order valence-corrected chi connectivity index (χ4v) is 4.25. The predicted molar refractivity (Wildman–Crippen MR) is 123 cm³/mol. The van der Waals surface area contributed by atoms with E-state index in [1.165, 1.54) is 17.2 Å². The average molecular weight is 463 g/mol. The third-order valence-electron chi connectivity index (χ3n) is 6.06. The van der Waals surface area contributed by atoms with Gasteiger partial charge in [0.1, 0.15) is 30.7 Å². The first-order chi connectivity index (χ1) is 16.6. The standard InChI is InChI=1S/C24H25N5O5/c30-11-16-20(32)21(33)24(34-16)29-13-27-18-22(25-12-26-23(18)29)28-17(14-7-3-1-4-8-14)19(31)15-9-5-2-6-10-15/h1-10,12-13,16-17,19-21,24,30-33H,11H2,(H,25,26,28)/t16-,17?,19?,20+,21+,24-/m1/s1. The van der Waals surface area contributed by atoms with Crippen molar-refractivity contribution in [3.05, 3.63) is 84.4 Å². The Morgan fingerprint density at radius 1 is 0.912 bits per heavy atom. The van der Waals surface area contributed by atoms with Gasteiger partial charge < -0.3 is 30.5 Å². The summed E-state index contributed by atoms with van der Waals surface area (Å²) < 4.78 is 7.12. The summed E-state index contributed by atoms with van der Waals surface area (Å²) in [5, 5.41) is 44.5. The highest BCUT2D eigenvalue weighted by molar-refractivity contribution is 5.83. The summed E-state index contributed by atoms with van der Waals surface area (Å²) in [5.41, 5.74) is 2.37. The van der Waals surface area contributed by atoms with E-state index in [2.05, 4.69) is 20.3 Å². The minimum atomic E-state index is -1.27. The van der Waals surface area contributed by atoms with Crippen molar-refractivity contribution in [3.63, 3.8) is 0 Å². The van der Waals surface area contributed by atoms with E-state index in [4.69, 9.17) is 4.74 Å². The minimum absolute atomic E-state index is 0.369. The molecule has 34 heavy (non-hydrogen) atoms. The van der Waals surface area contributed by atoms with Crippen molar-refractivity contribution < 1.29 is 25.2 Å². The van der Waals surface area contributed by atoms with Gasteiger partial charge in [-0.3, -0.25) is 4.57 Å². The summed E-state index contributed by atoms with van der Waals surface area (Å²) in [7, 11) is 0. The van der Waals surface area contributed by atoms with Crippen LogP contribution in [0.4, 0.5) is 5.82 Å². The van der Waals surface area contributed by atoms with Crippen LogP contribution in [0, 0.1) is 0 Å². The van der Waals surface area contributed by atoms with Crippen molar-refractivity contribution in [3.8, 4) is 0 Å². The van der Waals surface area contributed by atoms with Crippen LogP contribution in [0.2, 0.25) is 0 Å². The van der Waals surface area contributed by atoms with Gasteiger partial charge in [-0.25, -0.2) is 15.0 Å². The Morgan fingerprint density at radius 3 is 2.24 bits per heavy atom. The van der Waals surface area contributed by atoms with Crippen molar-refractivity contribution >= 4 is 17.0 Å². The Hall–Kier alpha value is -3.41. The molecule has 0 saturated carbocycles. The molecular formula is C24H25N5O5. The summed E-state index contributed by atoms with van der Waals surface area (Å²) in [4.78, 5) is 13.1. The Labute approximate surface area is 195 Å². The summed E-state index contributed by atoms with van der Waals surface area (Å²) in [6.07, 6.45) is -2.48. The van der Waals surface area contributed by atoms with Crippen LogP contribution in [0.1, 0.15) is 29.5 Å². The van der Waals surface area contributed by atoms with Crippen molar-refractivity contribution in [2.45, 2.75) is 36.7 Å². The van der Waals surface area contributed by atoms with Gasteiger partial charge >= 0.3 is 0 Å². The van der Waals surface area contributed by atoms with E-state index in [1.54, 1.807) is 0 Å². The highest BCUT2D eigenvalue weighted by atomic mass is 16.6. The summed E-state index contributed by atoms with van der Waals surface area (Å²) in [6.45, 7) is -0.431. The molecule has 2 aromatic carbocycles. The second kappa shape index (κ2) is 9.45. The lowest BCUT2D eigenvalue weighted by atomic mass is 9.96. The van der Waals surface area contributed by atoms with Crippen LogP contribution < -0.4 is 5.32 Å². The van der Waals surface area contributed by atoms with Crippen LogP contribution in [0.5, 0.6) is 0 Å². The second-order valence-electron chi connectivity index (χ2n) is 8.16. The average Bonchev–Trinajstić information content (AvgIpc) is 3.44. The molecule has 1 fully saturated rings. The van der Waals surface area contributed by atoms with Gasteiger partial charge in [0.25, 0.3) is 0 Å². The number of hydrogen-bond donors (Lipinski definition) is 5. The fraction of sp³-hybridized carbons (Fsp3) is 0.292. The van der Waals surface area contributed by atoms with E-state index in [0.717, 1.165) is 11.1 Å². The first-order valence-corrected chi connectivity index (χ1v) is 10.9. The zero-order valence-electron chi connectivity index (χ0n) is 18.1. The molecule has 5 N–H and O–H groups in total. The Kier molecular flexibility index (Phi) is 6.22. The van der Waals surface area contributed by atoms with Crippen LogP contribution in [-0.2, 0) is 4.74 Å². The first kappa shape index (κ1) is 22.4. The summed E-state index contributed by atoms with van der Waals surface area (Å²) in [5.74, 6) is 0.388. The number of aliphatic hydroxyl groups is 4. The lowest BCUT2D eigenvalue weighted by Gasteiger charge is -2.25. The van der Waals surface area contributed by atoms with E-state index in [0.29, 0.717) is 17.0 Å². The van der Waals surface area contributed by atoms with Crippen LogP contribution in [-0.4, -0.2) is 64.9 Å². The number of aromatic nitrogens is 4. The molecule has 3 heterocycles. The van der Waals surface area contributed by atoms with Gasteiger partial charge in [0.05, 0.1) is 19.0 Å². The molecular weight excluding hydrogens is 438 g/mol. The van der Waals surface area contributed by atoms with Gasteiger partial charge in [0, 0.05) is 0 Å². The molecule has 10 nitrogen and oxygen atoms in total. The quantitative estimate of drug-likeness (QED) is 0.274. The van der Waals surface area contributed by atoms with E-state index < -0.39 is 43.3 Å². The minimum Gasteiger partial charge on any atom is -0.394 e. The smallest absolute Gasteiger partial charge is 0.167 e. The monoisotopic (exact) mass is 463 g/mol. The largest absolute Gasteiger partial charge is 0.394 e. The van der Waals surface area contributed by atoms with Gasteiger partial charge in [-0.15, -0.1) is 0 Å². The molecule has 6 atom stereocenters. The molecule has 1 aliphatic rings. The van der Waals surface area contributed by atoms with Gasteiger partial charge in [-0.05, 0) is 11.1 Å². The molecule has 0 amide bonds. The van der Waals surface area contributed by atoms with Crippen LogP contribution in [0.25, 0.3) is 11.2 Å². The number of benzene rings is 2. The molecule has 176 valence electrons. The molecule has 1 aliphatic heterocycles. The molecule has 0 aliphatic carbocycles. The number of hydrogen-bond acceptors (Lipinski definition) is 9. The number of imidazole rings is 1. The molecule has 1 saturated heterocycles. The summed E-state index contributed by atoms with van der Waals surface area (Å²) >= 11 is 0. The maximum atomic E-state index is 11.2. The van der Waals surface area contributed by atoms with Crippen LogP contribution in [0.15, 0.2) is 73.3 Å². The third-order valence-corrected chi connectivity index (χ3v) is 6.06. The molecule has 5 rings (SSSR count). The van der Waals surface area contributed by atoms with Crippen molar-refractivity contribution in [2.75, 3.05) is 11.9 Å². The molecule has 0 spiro atoms. The number of aliphatic hydroxyl groups excluding tert-OH is 4. The third kappa shape index (κ3) is 4.02. The van der Waals surface area contributed by atoms with E-state index in [1.807, 2.05) is 60.7 Å². The Balaban J connectivity index is 1.51. The van der Waals surface area contributed by atoms with Crippen molar-refractivity contribution in [1.29, 1.82) is 0 Å². The Bertz CT molecular complexity index is 1240. The number of nitrogens with one attached hydrogen (secondary N) is 1. The van der Waals surface area contributed by atoms with Gasteiger partial charge in [-0.2, -0.15) is 0 Å². The molecule has 4 aromatic rings. The maximum absolute atomic E-state index is 11.2. The second-order valence-corrected chi connectivity index (χ2v) is 8.16. The van der Waals surface area contributed by atoms with Gasteiger partial charge in [0.15, 0.2) is 23.2 Å². The first-order valence-electron chi connectivity index (χ1n) is 10.9. The van der Waals surface area contributed by atoms with Crippen LogP contribution >= 0.6 is 0 Å². The number of ether oxygens (including phenoxy) is 1. The maximum Gasteiger partial charge on any atom is 0.167 e. The van der Waals surface area contributed by atoms with Crippen molar-refractivity contribution in [2.24, 2.45) is 0 Å². The van der Waals surface area contributed by atoms with E-state index >= 15 is 0 Å². The SMILES string of the molecule is OC[C@H]1O[C@@H](n2cnc3c(NC(c4ccccc4)C(O)c4ccccc4)ncnc32)[C@@H](O)[C@H]1O. The molecule has 2 unspecified atom stereocenters. The molecule has 10 heteroatoms. The van der Waals surface area contributed by atoms with E-state index in [9.17, 15) is 20.4 Å². The number of anilines is 1. The number of fused-ring (bicyclic) bond motifs is 1. The summed E-state index contributed by atoms with van der Waals surface area (Å²) in [6, 6.07) is 18.3. The topological polar surface area (TPSA) is 146 Å².